The molecule has 184 valence electrons. The molecule has 0 aromatic heterocycles. The van der Waals surface area contributed by atoms with Gasteiger partial charge >= 0.3 is 5.97 Å². The standard InChI is InChI=1S/C27H22Cl2N2O4S/c1-3-14-35-27(34)17-6-9-19(10-7-17)31-25(32)23(30-18-8-13-21(28)22(29)15-18)24(26(31)33)36-20-11-4-16(2)5-12-20/h4-13,15,30H,3,14H2,1-2H3. The zero-order valence-electron chi connectivity index (χ0n) is 19.5. The molecule has 1 heterocycles. The predicted molar refractivity (Wildman–Crippen MR) is 144 cm³/mol. The number of carbonyl (C=O) groups is 3. The number of nitrogens with one attached hydrogen (secondary N) is 1. The third-order valence-corrected chi connectivity index (χ3v) is 7.10. The van der Waals surface area contributed by atoms with Crippen molar-refractivity contribution >= 4 is 64.1 Å². The van der Waals surface area contributed by atoms with E-state index in [9.17, 15) is 14.4 Å². The van der Waals surface area contributed by atoms with Gasteiger partial charge in [-0.25, -0.2) is 9.69 Å². The zero-order valence-corrected chi connectivity index (χ0v) is 21.8. The molecule has 36 heavy (non-hydrogen) atoms. The number of aryl methyl sites for hydroxylation is 1. The Balaban J connectivity index is 1.67. The normalized spacial score (nSPS) is 13.4. The van der Waals surface area contributed by atoms with E-state index in [2.05, 4.69) is 5.32 Å². The third-order valence-electron chi connectivity index (χ3n) is 5.27. The number of thioether (sulfide) groups is 1. The summed E-state index contributed by atoms with van der Waals surface area (Å²) < 4.78 is 5.15. The van der Waals surface area contributed by atoms with Crippen LogP contribution < -0.4 is 10.2 Å². The van der Waals surface area contributed by atoms with Gasteiger partial charge in [0, 0.05) is 10.6 Å². The molecule has 4 rings (SSSR count). The van der Waals surface area contributed by atoms with Gasteiger partial charge in [-0.15, -0.1) is 0 Å². The first-order chi connectivity index (χ1) is 17.3. The fourth-order valence-electron chi connectivity index (χ4n) is 3.42. The van der Waals surface area contributed by atoms with Crippen LogP contribution in [0.25, 0.3) is 0 Å². The van der Waals surface area contributed by atoms with Crippen molar-refractivity contribution in [3.8, 4) is 0 Å². The minimum Gasteiger partial charge on any atom is -0.462 e. The molecule has 0 spiro atoms. The molecule has 0 atom stereocenters. The minimum absolute atomic E-state index is 0.121. The Kier molecular flexibility index (Phi) is 8.04. The first-order valence-electron chi connectivity index (χ1n) is 11.2. The lowest BCUT2D eigenvalue weighted by atomic mass is 10.2. The molecule has 6 nitrogen and oxygen atoms in total. The molecule has 3 aromatic carbocycles. The Bertz CT molecular complexity index is 1360. The van der Waals surface area contributed by atoms with Gasteiger partial charge in [0.2, 0.25) is 0 Å². The molecule has 0 fully saturated rings. The van der Waals surface area contributed by atoms with Crippen LogP contribution in [-0.4, -0.2) is 24.4 Å². The lowest BCUT2D eigenvalue weighted by molar-refractivity contribution is -0.120. The van der Waals surface area contributed by atoms with Gasteiger partial charge in [0.05, 0.1) is 27.9 Å². The number of halogens is 2. The van der Waals surface area contributed by atoms with E-state index >= 15 is 0 Å². The highest BCUT2D eigenvalue weighted by atomic mass is 35.5. The molecule has 1 aliphatic heterocycles. The molecule has 0 saturated heterocycles. The van der Waals surface area contributed by atoms with Crippen LogP contribution in [0.3, 0.4) is 0 Å². The van der Waals surface area contributed by atoms with Crippen LogP contribution in [0.2, 0.25) is 10.0 Å². The second kappa shape index (κ2) is 11.2. The van der Waals surface area contributed by atoms with Crippen LogP contribution >= 0.6 is 35.0 Å². The van der Waals surface area contributed by atoms with Crippen LogP contribution in [0.1, 0.15) is 29.3 Å². The monoisotopic (exact) mass is 540 g/mol. The molecule has 9 heteroatoms. The molecule has 0 saturated carbocycles. The van der Waals surface area contributed by atoms with Crippen LogP contribution in [0.5, 0.6) is 0 Å². The van der Waals surface area contributed by atoms with Crippen molar-refractivity contribution in [1.29, 1.82) is 0 Å². The van der Waals surface area contributed by atoms with E-state index in [-0.39, 0.29) is 10.6 Å². The highest BCUT2D eigenvalue weighted by Gasteiger charge is 2.40. The summed E-state index contributed by atoms with van der Waals surface area (Å²) in [6.45, 7) is 4.19. The number of esters is 1. The highest BCUT2D eigenvalue weighted by Crippen LogP contribution is 2.38. The number of rotatable bonds is 8. The Morgan fingerprint density at radius 3 is 2.28 bits per heavy atom. The van der Waals surface area contributed by atoms with Crippen molar-refractivity contribution in [1.82, 2.24) is 0 Å². The Morgan fingerprint density at radius 1 is 0.944 bits per heavy atom. The SMILES string of the molecule is CCCOC(=O)c1ccc(N2C(=O)C(Nc3ccc(Cl)c(Cl)c3)=C(Sc3ccc(C)cc3)C2=O)cc1. The largest absolute Gasteiger partial charge is 0.462 e. The first-order valence-corrected chi connectivity index (χ1v) is 12.7. The average Bonchev–Trinajstić information content (AvgIpc) is 3.10. The third kappa shape index (κ3) is 5.59. The highest BCUT2D eigenvalue weighted by molar-refractivity contribution is 8.04. The Morgan fingerprint density at radius 2 is 1.64 bits per heavy atom. The van der Waals surface area contributed by atoms with Gasteiger partial charge in [0.15, 0.2) is 0 Å². The number of ether oxygens (including phenoxy) is 1. The van der Waals surface area contributed by atoms with Gasteiger partial charge in [0.1, 0.15) is 10.6 Å². The molecular weight excluding hydrogens is 519 g/mol. The smallest absolute Gasteiger partial charge is 0.338 e. The van der Waals surface area contributed by atoms with Gasteiger partial charge in [-0.05, 0) is 67.9 Å². The lowest BCUT2D eigenvalue weighted by Gasteiger charge is -2.16. The van der Waals surface area contributed by atoms with Gasteiger partial charge in [-0.1, -0.05) is 59.6 Å². The maximum Gasteiger partial charge on any atom is 0.338 e. The van der Waals surface area contributed by atoms with E-state index in [0.29, 0.717) is 40.0 Å². The first kappa shape index (κ1) is 25.8. The van der Waals surface area contributed by atoms with E-state index in [0.717, 1.165) is 15.4 Å². The summed E-state index contributed by atoms with van der Waals surface area (Å²) in [5, 5.41) is 3.74. The number of amides is 2. The topological polar surface area (TPSA) is 75.7 Å². The van der Waals surface area contributed by atoms with Crippen LogP contribution in [0.15, 0.2) is 82.2 Å². The van der Waals surface area contributed by atoms with E-state index in [1.54, 1.807) is 30.3 Å². The van der Waals surface area contributed by atoms with Gasteiger partial charge in [0.25, 0.3) is 11.8 Å². The van der Waals surface area contributed by atoms with Crippen LogP contribution in [0, 0.1) is 6.92 Å². The van der Waals surface area contributed by atoms with Crippen LogP contribution in [0.4, 0.5) is 11.4 Å². The fraction of sp³-hybridized carbons (Fsp3) is 0.148. The molecule has 1 aliphatic rings. The predicted octanol–water partition coefficient (Wildman–Crippen LogP) is 6.86. The van der Waals surface area contributed by atoms with Crippen molar-refractivity contribution in [2.45, 2.75) is 25.2 Å². The van der Waals surface area contributed by atoms with Crippen molar-refractivity contribution in [3.63, 3.8) is 0 Å². The summed E-state index contributed by atoms with van der Waals surface area (Å²) in [7, 11) is 0. The van der Waals surface area contributed by atoms with E-state index in [4.69, 9.17) is 27.9 Å². The maximum atomic E-state index is 13.5. The molecule has 0 bridgehead atoms. The molecule has 1 N–H and O–H groups in total. The van der Waals surface area contributed by atoms with E-state index in [1.807, 2.05) is 38.1 Å². The van der Waals surface area contributed by atoms with Gasteiger partial charge in [-0.2, -0.15) is 0 Å². The lowest BCUT2D eigenvalue weighted by Crippen LogP contribution is -2.32. The summed E-state index contributed by atoms with van der Waals surface area (Å²) in [6, 6.07) is 18.7. The molecule has 0 unspecified atom stereocenters. The molecular formula is C27H22Cl2N2O4S. The number of hydrogen-bond donors (Lipinski definition) is 1. The summed E-state index contributed by atoms with van der Waals surface area (Å²) in [6.07, 6.45) is 0.711. The maximum absolute atomic E-state index is 13.5. The second-order valence-corrected chi connectivity index (χ2v) is 9.90. The van der Waals surface area contributed by atoms with Crippen LogP contribution in [-0.2, 0) is 14.3 Å². The molecule has 3 aromatic rings. The molecule has 0 aliphatic carbocycles. The van der Waals surface area contributed by atoms with Gasteiger partial charge < -0.3 is 10.1 Å². The summed E-state index contributed by atoms with van der Waals surface area (Å²) in [4.78, 5) is 41.3. The summed E-state index contributed by atoms with van der Waals surface area (Å²) >= 11 is 13.4. The average molecular weight is 541 g/mol. The van der Waals surface area contributed by atoms with Crippen molar-refractivity contribution in [3.05, 3.63) is 98.5 Å². The number of anilines is 2. The van der Waals surface area contributed by atoms with E-state index < -0.39 is 17.8 Å². The summed E-state index contributed by atoms with van der Waals surface area (Å²) in [5.41, 5.74) is 2.39. The molecule has 0 radical (unpaired) electrons. The zero-order chi connectivity index (χ0) is 25.8. The quantitative estimate of drug-likeness (QED) is 0.248. The fourth-order valence-corrected chi connectivity index (χ4v) is 4.64. The Labute approximate surface area is 223 Å². The number of imide groups is 1. The van der Waals surface area contributed by atoms with Crippen molar-refractivity contribution < 1.29 is 19.1 Å². The number of nitrogens with zero attached hydrogens (tertiary/aromatic N) is 1. The van der Waals surface area contributed by atoms with Crippen molar-refractivity contribution in [2.75, 3.05) is 16.8 Å². The van der Waals surface area contributed by atoms with Crippen molar-refractivity contribution in [2.24, 2.45) is 0 Å². The number of benzene rings is 3. The van der Waals surface area contributed by atoms with Gasteiger partial charge in [-0.3, -0.25) is 9.59 Å². The second-order valence-electron chi connectivity index (χ2n) is 8.00. The number of hydrogen-bond acceptors (Lipinski definition) is 6. The number of carbonyl (C=O) groups excluding carboxylic acids is 3. The molecule has 2 amide bonds. The minimum atomic E-state index is -0.526. The van der Waals surface area contributed by atoms with E-state index in [1.165, 1.54) is 23.9 Å². The summed E-state index contributed by atoms with van der Waals surface area (Å²) in [5.74, 6) is -1.46. The Hall–Kier alpha value is -3.26.